The molecule has 0 N–H and O–H groups in total. The van der Waals surface area contributed by atoms with E-state index in [1.165, 1.54) is 18.0 Å². The molecule has 2 aromatic carbocycles. The van der Waals surface area contributed by atoms with E-state index in [1.54, 1.807) is 6.92 Å². The Labute approximate surface area is 270 Å². The van der Waals surface area contributed by atoms with Gasteiger partial charge in [-0.1, -0.05) is 25.0 Å². The molecule has 0 spiro atoms. The van der Waals surface area contributed by atoms with Crippen LogP contribution in [0.2, 0.25) is 0 Å². The molecule has 1 atom stereocenters. The second kappa shape index (κ2) is 14.2. The molecule has 1 aromatic heterocycles. The average molecular weight is 699 g/mol. The highest BCUT2D eigenvalue weighted by Gasteiger charge is 2.40. The first-order valence-corrected chi connectivity index (χ1v) is 15.2. The first-order valence-electron chi connectivity index (χ1n) is 15.2. The van der Waals surface area contributed by atoms with Crippen molar-refractivity contribution in [2.45, 2.75) is 76.9 Å². The lowest BCUT2D eigenvalue weighted by atomic mass is 9.86. The number of rotatable bonds is 11. The minimum Gasteiger partial charge on any atom is -0.378 e. The first-order chi connectivity index (χ1) is 22.2. The van der Waals surface area contributed by atoms with E-state index in [0.29, 0.717) is 24.3 Å². The van der Waals surface area contributed by atoms with E-state index in [4.69, 9.17) is 4.74 Å². The van der Waals surface area contributed by atoms with Gasteiger partial charge in [0.15, 0.2) is 0 Å². The molecular formula is C31H36F10N6O. The minimum atomic E-state index is -5.11. The fraction of sp³-hybridized carbons (Fsp3) is 0.581. The molecule has 0 aliphatic carbocycles. The third-order valence-electron chi connectivity index (χ3n) is 8.24. The number of aromatic nitrogens is 4. The van der Waals surface area contributed by atoms with Gasteiger partial charge in [0.1, 0.15) is 5.67 Å². The van der Waals surface area contributed by atoms with Crippen LogP contribution in [-0.2, 0) is 43.4 Å². The first kappa shape index (κ1) is 37.4. The van der Waals surface area contributed by atoms with E-state index in [0.717, 1.165) is 16.9 Å². The zero-order chi connectivity index (χ0) is 35.7. The molecule has 48 heavy (non-hydrogen) atoms. The molecule has 0 radical (unpaired) electrons. The van der Waals surface area contributed by atoms with Gasteiger partial charge < -0.3 is 9.64 Å². The fourth-order valence-electron chi connectivity index (χ4n) is 5.95. The van der Waals surface area contributed by atoms with Crippen LogP contribution in [0.3, 0.4) is 0 Å². The quantitative estimate of drug-likeness (QED) is 0.189. The summed E-state index contributed by atoms with van der Waals surface area (Å²) in [5, 5.41) is 11.6. The van der Waals surface area contributed by atoms with Crippen molar-refractivity contribution in [1.29, 1.82) is 0 Å². The summed E-state index contributed by atoms with van der Waals surface area (Å²) in [4.78, 5) is 4.14. The average Bonchev–Trinajstić information content (AvgIpc) is 3.42. The Morgan fingerprint density at radius 2 is 1.44 bits per heavy atom. The molecule has 0 amide bonds. The van der Waals surface area contributed by atoms with Gasteiger partial charge in [-0.2, -0.15) is 44.3 Å². The van der Waals surface area contributed by atoms with E-state index in [-0.39, 0.29) is 56.0 Å². The van der Waals surface area contributed by atoms with Gasteiger partial charge in [0.25, 0.3) is 5.95 Å². The van der Waals surface area contributed by atoms with Crippen LogP contribution < -0.4 is 4.90 Å². The highest BCUT2D eigenvalue weighted by atomic mass is 19.4. The second-order valence-electron chi connectivity index (χ2n) is 12.3. The number of hydrogen-bond acceptors (Lipinski definition) is 6. The summed E-state index contributed by atoms with van der Waals surface area (Å²) in [5.41, 5.74) is -5.56. The smallest absolute Gasteiger partial charge is 0.378 e. The Morgan fingerprint density at radius 3 is 1.92 bits per heavy atom. The standard InChI is InChI=1S/C31H36F10N6O/c1-5-48-18-28(32)8-10-46(11-9-28)26(19(2)3)25-7-6-22(29(33,34)35)14-21(25)17-47(27-42-44-45(4)43-27)16-20-12-23(30(36,37)38)15-24(13-20)31(39,40)41/h6-7,12-15,19,26H,5,8-11,16-18H2,1-4H3. The Balaban J connectivity index is 1.79. The number of hydrogen-bond donors (Lipinski definition) is 0. The summed E-state index contributed by atoms with van der Waals surface area (Å²) in [6.07, 6.45) is -14.7. The van der Waals surface area contributed by atoms with Crippen molar-refractivity contribution >= 4 is 5.95 Å². The van der Waals surface area contributed by atoms with Gasteiger partial charge >= 0.3 is 18.5 Å². The predicted molar refractivity (Wildman–Crippen MR) is 155 cm³/mol. The molecule has 1 unspecified atom stereocenters. The molecule has 17 heteroatoms. The Bertz CT molecular complexity index is 1490. The van der Waals surface area contributed by atoms with Crippen molar-refractivity contribution in [3.63, 3.8) is 0 Å². The molecule has 4 rings (SSSR count). The maximum absolute atomic E-state index is 15.4. The number of tetrazole rings is 1. The lowest BCUT2D eigenvalue weighted by Gasteiger charge is -2.42. The maximum atomic E-state index is 15.4. The molecule has 1 fully saturated rings. The maximum Gasteiger partial charge on any atom is 0.416 e. The van der Waals surface area contributed by atoms with E-state index in [1.807, 2.05) is 18.7 Å². The zero-order valence-electron chi connectivity index (χ0n) is 26.6. The molecule has 0 bridgehead atoms. The van der Waals surface area contributed by atoms with Crippen molar-refractivity contribution < 1.29 is 48.6 Å². The molecule has 2 heterocycles. The van der Waals surface area contributed by atoms with E-state index in [2.05, 4.69) is 15.4 Å². The third-order valence-corrected chi connectivity index (χ3v) is 8.24. The van der Waals surface area contributed by atoms with Crippen LogP contribution in [0.25, 0.3) is 0 Å². The summed E-state index contributed by atoms with van der Waals surface area (Å²) in [6.45, 7) is 5.19. The molecule has 1 aliphatic rings. The van der Waals surface area contributed by atoms with E-state index in [9.17, 15) is 39.5 Å². The number of anilines is 1. The van der Waals surface area contributed by atoms with Gasteiger partial charge in [-0.25, -0.2) is 4.39 Å². The Morgan fingerprint density at radius 1 is 0.854 bits per heavy atom. The fourth-order valence-corrected chi connectivity index (χ4v) is 5.95. The SMILES string of the molecule is CCOCC1(F)CCN(C(c2ccc(C(F)(F)F)cc2CN(Cc2cc(C(F)(F)F)cc(C(F)(F)F)c2)c2nnn(C)n2)C(C)C)CC1. The van der Waals surface area contributed by atoms with Crippen LogP contribution in [0.1, 0.15) is 73.0 Å². The van der Waals surface area contributed by atoms with Crippen LogP contribution in [0.5, 0.6) is 0 Å². The van der Waals surface area contributed by atoms with Gasteiger partial charge in [-0.05, 0) is 77.9 Å². The molecule has 3 aromatic rings. The third kappa shape index (κ3) is 9.15. The zero-order valence-corrected chi connectivity index (χ0v) is 26.6. The topological polar surface area (TPSA) is 59.3 Å². The van der Waals surface area contributed by atoms with Crippen molar-refractivity contribution in [2.24, 2.45) is 13.0 Å². The van der Waals surface area contributed by atoms with Gasteiger partial charge in [-0.15, -0.1) is 5.10 Å². The Hall–Kier alpha value is -3.47. The van der Waals surface area contributed by atoms with Crippen LogP contribution in [0, 0.1) is 5.92 Å². The highest BCUT2D eigenvalue weighted by molar-refractivity contribution is 5.42. The van der Waals surface area contributed by atoms with Gasteiger partial charge in [0, 0.05) is 38.8 Å². The summed E-state index contributed by atoms with van der Waals surface area (Å²) >= 11 is 0. The number of likely N-dealkylation sites (tertiary alicyclic amines) is 1. The summed E-state index contributed by atoms with van der Waals surface area (Å²) < 4.78 is 145. The van der Waals surface area contributed by atoms with Gasteiger partial charge in [-0.3, -0.25) is 4.90 Å². The van der Waals surface area contributed by atoms with Crippen molar-refractivity contribution in [3.8, 4) is 0 Å². The molecule has 0 saturated carbocycles. The Kier molecular flexibility index (Phi) is 11.0. The van der Waals surface area contributed by atoms with E-state index >= 15 is 4.39 Å². The molecule has 7 nitrogen and oxygen atoms in total. The van der Waals surface area contributed by atoms with Crippen molar-refractivity contribution in [1.82, 2.24) is 25.1 Å². The molecule has 266 valence electrons. The van der Waals surface area contributed by atoms with Gasteiger partial charge in [0.2, 0.25) is 0 Å². The number of alkyl halides is 10. The highest BCUT2D eigenvalue weighted by Crippen LogP contribution is 2.40. The molecular weight excluding hydrogens is 662 g/mol. The lowest BCUT2D eigenvalue weighted by molar-refractivity contribution is -0.143. The van der Waals surface area contributed by atoms with Crippen molar-refractivity contribution in [2.75, 3.05) is 31.2 Å². The summed E-state index contributed by atoms with van der Waals surface area (Å²) in [5.74, 6) is -0.426. The predicted octanol–water partition coefficient (Wildman–Crippen LogP) is 8.01. The summed E-state index contributed by atoms with van der Waals surface area (Å²) in [7, 11) is 1.37. The molecule has 1 aliphatic heterocycles. The number of nitrogens with zero attached hydrogens (tertiary/aromatic N) is 6. The molecule has 1 saturated heterocycles. The van der Waals surface area contributed by atoms with Crippen LogP contribution in [-0.4, -0.2) is 57.1 Å². The number of halogens is 10. The number of ether oxygens (including phenoxy) is 1. The largest absolute Gasteiger partial charge is 0.416 e. The summed E-state index contributed by atoms with van der Waals surface area (Å²) in [6, 6.07) is 3.70. The lowest BCUT2D eigenvalue weighted by Crippen LogP contribution is -2.46. The normalized spacial score (nSPS) is 16.8. The van der Waals surface area contributed by atoms with Crippen LogP contribution in [0.15, 0.2) is 36.4 Å². The van der Waals surface area contributed by atoms with Crippen molar-refractivity contribution in [3.05, 3.63) is 69.8 Å². The monoisotopic (exact) mass is 698 g/mol. The minimum absolute atomic E-state index is 0.00828. The van der Waals surface area contributed by atoms with Crippen LogP contribution in [0.4, 0.5) is 49.9 Å². The van der Waals surface area contributed by atoms with Gasteiger partial charge in [0.05, 0.1) is 30.3 Å². The van der Waals surface area contributed by atoms with E-state index < -0.39 is 65.6 Å². The van der Waals surface area contributed by atoms with Crippen LogP contribution >= 0.6 is 0 Å². The number of benzene rings is 2. The number of aryl methyl sites for hydroxylation is 1. The number of piperidine rings is 1. The second-order valence-corrected chi connectivity index (χ2v) is 12.3.